The van der Waals surface area contributed by atoms with Crippen molar-refractivity contribution in [2.24, 2.45) is 0 Å². The molecule has 1 rings (SSSR count). The van der Waals surface area contributed by atoms with Crippen LogP contribution < -0.4 is 0 Å². The Labute approximate surface area is 116 Å². The van der Waals surface area contributed by atoms with Gasteiger partial charge in [0.1, 0.15) is 12.2 Å². The van der Waals surface area contributed by atoms with Crippen LogP contribution in [0.1, 0.15) is 5.56 Å². The highest BCUT2D eigenvalue weighted by Gasteiger charge is 2.31. The lowest BCUT2D eigenvalue weighted by atomic mass is 10.1. The molecule has 0 fully saturated rings. The molecule has 3 atom stereocenters. The summed E-state index contributed by atoms with van der Waals surface area (Å²) >= 11 is 0. The van der Waals surface area contributed by atoms with Crippen LogP contribution in [0.2, 0.25) is 0 Å². The Morgan fingerprint density at radius 2 is 1.80 bits per heavy atom. The summed E-state index contributed by atoms with van der Waals surface area (Å²) in [7, 11) is -4.26. The van der Waals surface area contributed by atoms with Gasteiger partial charge in [0.2, 0.25) is 0 Å². The lowest BCUT2D eigenvalue weighted by Gasteiger charge is -2.21. The van der Waals surface area contributed by atoms with Crippen LogP contribution in [-0.2, 0) is 19.1 Å². The molecule has 1 aromatic carbocycles. The molecule has 0 aliphatic carbocycles. The Hall–Kier alpha value is -1.32. The molecule has 0 aliphatic heterocycles. The van der Waals surface area contributed by atoms with Crippen molar-refractivity contribution in [2.45, 2.75) is 30.1 Å². The van der Waals surface area contributed by atoms with Gasteiger partial charge < -0.3 is 20.1 Å². The highest BCUT2D eigenvalue weighted by molar-refractivity contribution is 7.86. The van der Waals surface area contributed by atoms with Crippen molar-refractivity contribution < 1.29 is 32.7 Å². The average Bonchev–Trinajstić information content (AvgIpc) is 2.43. The molecular formula is C12H16O7S. The Kier molecular flexibility index (Phi) is 5.78. The maximum absolute atomic E-state index is 11.9. The lowest BCUT2D eigenvalue weighted by Crippen LogP contribution is -2.42. The molecule has 0 radical (unpaired) electrons. The van der Waals surface area contributed by atoms with Gasteiger partial charge in [-0.05, 0) is 19.1 Å². The van der Waals surface area contributed by atoms with Crippen LogP contribution in [0.4, 0.5) is 0 Å². The summed E-state index contributed by atoms with van der Waals surface area (Å²) in [4.78, 5) is 10.6. The highest BCUT2D eigenvalue weighted by atomic mass is 32.2. The van der Waals surface area contributed by atoms with Gasteiger partial charge in [-0.2, -0.15) is 8.42 Å². The van der Waals surface area contributed by atoms with E-state index in [0.29, 0.717) is 0 Å². The van der Waals surface area contributed by atoms with Gasteiger partial charge in [-0.15, -0.1) is 0 Å². The summed E-state index contributed by atoms with van der Waals surface area (Å²) in [6.45, 7) is 0.937. The van der Waals surface area contributed by atoms with Gasteiger partial charge in [0, 0.05) is 0 Å². The summed E-state index contributed by atoms with van der Waals surface area (Å²) in [6, 6.07) is 5.68. The molecule has 7 nitrogen and oxygen atoms in total. The molecule has 0 amide bonds. The first-order valence-corrected chi connectivity index (χ1v) is 7.15. The van der Waals surface area contributed by atoms with Crippen molar-refractivity contribution in [1.82, 2.24) is 0 Å². The smallest absolute Gasteiger partial charge is 0.297 e. The first kappa shape index (κ1) is 16.7. The fourth-order valence-corrected chi connectivity index (χ4v) is 2.43. The number of aliphatic hydroxyl groups excluding tert-OH is 3. The molecule has 0 bridgehead atoms. The van der Waals surface area contributed by atoms with Gasteiger partial charge in [-0.1, -0.05) is 17.7 Å². The molecule has 0 saturated heterocycles. The quantitative estimate of drug-likeness (QED) is 0.435. The molecule has 0 unspecified atom stereocenters. The fourth-order valence-electron chi connectivity index (χ4n) is 1.39. The number of aryl methyl sites for hydroxylation is 1. The summed E-state index contributed by atoms with van der Waals surface area (Å²) in [5, 5.41) is 27.4. The molecule has 0 aliphatic rings. The largest absolute Gasteiger partial charge is 0.394 e. The van der Waals surface area contributed by atoms with E-state index in [2.05, 4.69) is 4.18 Å². The molecule has 0 heterocycles. The molecular weight excluding hydrogens is 288 g/mol. The molecule has 112 valence electrons. The summed E-state index contributed by atoms with van der Waals surface area (Å²) in [6.07, 6.45) is -5.28. The number of hydrogen-bond acceptors (Lipinski definition) is 7. The maximum Gasteiger partial charge on any atom is 0.297 e. The Balaban J connectivity index is 2.93. The van der Waals surface area contributed by atoms with Gasteiger partial charge in [0.05, 0.1) is 11.5 Å². The molecule has 8 heteroatoms. The average molecular weight is 304 g/mol. The topological polar surface area (TPSA) is 121 Å². The highest BCUT2D eigenvalue weighted by Crippen LogP contribution is 2.16. The van der Waals surface area contributed by atoms with E-state index in [1.54, 1.807) is 19.1 Å². The third-order valence-electron chi connectivity index (χ3n) is 2.60. The number of benzene rings is 1. The zero-order valence-electron chi connectivity index (χ0n) is 10.7. The van der Waals surface area contributed by atoms with E-state index in [1.165, 1.54) is 12.1 Å². The zero-order chi connectivity index (χ0) is 15.3. The number of aliphatic hydroxyl groups is 3. The minimum atomic E-state index is -4.26. The SMILES string of the molecule is Cc1ccc(S(=O)(=O)O[C@@H](C=O)[C@@H](O)[C@H](O)CO)cc1. The number of carbonyl (C=O) groups excluding carboxylic acids is 1. The molecule has 0 saturated carbocycles. The van der Waals surface area contributed by atoms with E-state index >= 15 is 0 Å². The predicted molar refractivity (Wildman–Crippen MR) is 68.4 cm³/mol. The first-order chi connectivity index (χ1) is 9.31. The van der Waals surface area contributed by atoms with E-state index in [9.17, 15) is 23.4 Å². The van der Waals surface area contributed by atoms with Crippen LogP contribution in [-0.4, -0.2) is 54.9 Å². The van der Waals surface area contributed by atoms with Crippen LogP contribution in [0, 0.1) is 6.92 Å². The fraction of sp³-hybridized carbons (Fsp3) is 0.417. The predicted octanol–water partition coefficient (Wildman–Crippen LogP) is -1.02. The molecule has 3 N–H and O–H groups in total. The maximum atomic E-state index is 11.9. The van der Waals surface area contributed by atoms with Crippen LogP contribution in [0.25, 0.3) is 0 Å². The summed E-state index contributed by atoms with van der Waals surface area (Å²) in [5.41, 5.74) is 0.839. The van der Waals surface area contributed by atoms with Gasteiger partial charge in [0.25, 0.3) is 10.1 Å². The molecule has 20 heavy (non-hydrogen) atoms. The Morgan fingerprint density at radius 3 is 2.25 bits per heavy atom. The van der Waals surface area contributed by atoms with E-state index in [0.717, 1.165) is 5.56 Å². The van der Waals surface area contributed by atoms with Gasteiger partial charge >= 0.3 is 0 Å². The number of rotatable bonds is 7. The van der Waals surface area contributed by atoms with E-state index in [4.69, 9.17) is 5.11 Å². The molecule has 0 aromatic heterocycles. The van der Waals surface area contributed by atoms with Crippen molar-refractivity contribution in [3.05, 3.63) is 29.8 Å². The van der Waals surface area contributed by atoms with Crippen molar-refractivity contribution in [1.29, 1.82) is 0 Å². The lowest BCUT2D eigenvalue weighted by molar-refractivity contribution is -0.124. The van der Waals surface area contributed by atoms with E-state index < -0.39 is 35.0 Å². The van der Waals surface area contributed by atoms with Gasteiger partial charge in [0.15, 0.2) is 12.4 Å². The second kappa shape index (κ2) is 6.91. The Morgan fingerprint density at radius 1 is 1.25 bits per heavy atom. The zero-order valence-corrected chi connectivity index (χ0v) is 11.5. The Bertz CT molecular complexity index is 537. The molecule has 0 spiro atoms. The van der Waals surface area contributed by atoms with Gasteiger partial charge in [-0.3, -0.25) is 4.18 Å². The summed E-state index contributed by atoms with van der Waals surface area (Å²) < 4.78 is 28.4. The van der Waals surface area contributed by atoms with E-state index in [1.807, 2.05) is 0 Å². The number of hydrogen-bond donors (Lipinski definition) is 3. The monoisotopic (exact) mass is 304 g/mol. The minimum absolute atomic E-state index is 0.0509. The van der Waals surface area contributed by atoms with E-state index in [-0.39, 0.29) is 11.2 Å². The first-order valence-electron chi connectivity index (χ1n) is 5.74. The number of aldehydes is 1. The van der Waals surface area contributed by atoms with Crippen molar-refractivity contribution in [3.63, 3.8) is 0 Å². The van der Waals surface area contributed by atoms with Crippen LogP contribution in [0.5, 0.6) is 0 Å². The second-order valence-electron chi connectivity index (χ2n) is 4.20. The summed E-state index contributed by atoms with van der Waals surface area (Å²) in [5.74, 6) is 0. The van der Waals surface area contributed by atoms with Crippen molar-refractivity contribution >= 4 is 16.4 Å². The van der Waals surface area contributed by atoms with Crippen molar-refractivity contribution in [3.8, 4) is 0 Å². The normalized spacial score (nSPS) is 16.4. The standard InChI is InChI=1S/C12H16O7S/c1-8-2-4-9(5-3-8)20(17,18)19-11(7-14)12(16)10(15)6-13/h2-5,7,10-13,15-16H,6H2,1H3/t10-,11+,12+/m1/s1. The van der Waals surface area contributed by atoms with Crippen LogP contribution in [0.15, 0.2) is 29.2 Å². The number of carbonyl (C=O) groups is 1. The molecule has 1 aromatic rings. The van der Waals surface area contributed by atoms with Crippen LogP contribution in [0.3, 0.4) is 0 Å². The third kappa shape index (κ3) is 4.09. The third-order valence-corrected chi connectivity index (χ3v) is 3.92. The second-order valence-corrected chi connectivity index (χ2v) is 5.78. The minimum Gasteiger partial charge on any atom is -0.394 e. The van der Waals surface area contributed by atoms with Gasteiger partial charge in [-0.25, -0.2) is 0 Å². The van der Waals surface area contributed by atoms with Crippen molar-refractivity contribution in [2.75, 3.05) is 6.61 Å². The van der Waals surface area contributed by atoms with Crippen LogP contribution >= 0.6 is 0 Å².